The van der Waals surface area contributed by atoms with Gasteiger partial charge in [0.15, 0.2) is 0 Å². The fourth-order valence-corrected chi connectivity index (χ4v) is 5.82. The van der Waals surface area contributed by atoms with Gasteiger partial charge in [-0.25, -0.2) is 4.79 Å². The lowest BCUT2D eigenvalue weighted by Crippen LogP contribution is -2.48. The van der Waals surface area contributed by atoms with E-state index in [9.17, 15) is 14.4 Å². The third-order valence-electron chi connectivity index (χ3n) is 7.07. The van der Waals surface area contributed by atoms with Crippen molar-refractivity contribution in [2.45, 2.75) is 31.8 Å². The molecule has 5 aliphatic rings. The molecule has 4 aliphatic carbocycles. The molecular weight excluding hydrogens is 334 g/mol. The molecule has 3 unspecified atom stereocenters. The van der Waals surface area contributed by atoms with Gasteiger partial charge >= 0.3 is 17.8 Å². The minimum Gasteiger partial charge on any atom is -0.464 e. The Morgan fingerprint density at radius 3 is 2.58 bits per heavy atom. The number of nitrogens with zero attached hydrogens (tertiary/aromatic N) is 2. The van der Waals surface area contributed by atoms with Gasteiger partial charge in [0.2, 0.25) is 0 Å². The summed E-state index contributed by atoms with van der Waals surface area (Å²) in [6, 6.07) is 1.98. The van der Waals surface area contributed by atoms with Crippen LogP contribution >= 0.6 is 0 Å². The van der Waals surface area contributed by atoms with Crippen LogP contribution in [0.3, 0.4) is 0 Å². The van der Waals surface area contributed by atoms with Crippen LogP contribution in [0.2, 0.25) is 0 Å². The van der Waals surface area contributed by atoms with Gasteiger partial charge in [0.1, 0.15) is 5.69 Å². The number of nitrogens with one attached hydrogen (secondary N) is 1. The SMILES string of the molecule is COC(=O)c1cc2c(n1C)CCN(C(=O)C(=O)NC1C3CC4C(C3)C41)C2. The van der Waals surface area contributed by atoms with Gasteiger partial charge in [-0.05, 0) is 48.1 Å². The number of aromatic nitrogens is 1. The molecular formula is C19H23N3O4. The number of amides is 2. The molecule has 1 aromatic heterocycles. The summed E-state index contributed by atoms with van der Waals surface area (Å²) in [6.07, 6.45) is 3.07. The van der Waals surface area contributed by atoms with E-state index in [0.29, 0.717) is 37.0 Å². The maximum Gasteiger partial charge on any atom is 0.354 e. The molecule has 138 valence electrons. The van der Waals surface area contributed by atoms with Crippen LogP contribution in [0.25, 0.3) is 0 Å². The molecule has 4 saturated carbocycles. The third-order valence-corrected chi connectivity index (χ3v) is 7.07. The van der Waals surface area contributed by atoms with Crippen molar-refractivity contribution in [1.82, 2.24) is 14.8 Å². The molecule has 3 atom stereocenters. The summed E-state index contributed by atoms with van der Waals surface area (Å²) in [4.78, 5) is 38.6. The lowest BCUT2D eigenvalue weighted by molar-refractivity contribution is -0.147. The maximum absolute atomic E-state index is 12.6. The summed E-state index contributed by atoms with van der Waals surface area (Å²) in [5.74, 6) is 1.49. The average Bonchev–Trinajstić information content (AvgIpc) is 3.07. The van der Waals surface area contributed by atoms with Gasteiger partial charge in [0, 0.05) is 38.3 Å². The van der Waals surface area contributed by atoms with Crippen LogP contribution in [0.5, 0.6) is 0 Å². The first-order valence-corrected chi connectivity index (χ1v) is 9.35. The van der Waals surface area contributed by atoms with Crippen molar-refractivity contribution in [3.63, 3.8) is 0 Å². The highest BCUT2D eigenvalue weighted by Crippen LogP contribution is 2.70. The Kier molecular flexibility index (Phi) is 3.27. The molecule has 2 heterocycles. The second kappa shape index (κ2) is 5.34. The third kappa shape index (κ3) is 2.09. The fourth-order valence-electron chi connectivity index (χ4n) is 5.82. The van der Waals surface area contributed by atoms with Gasteiger partial charge in [-0.2, -0.15) is 0 Å². The Morgan fingerprint density at radius 2 is 1.96 bits per heavy atom. The zero-order chi connectivity index (χ0) is 18.2. The molecule has 6 rings (SSSR count). The number of esters is 1. The van der Waals surface area contributed by atoms with E-state index in [-0.39, 0.29) is 6.04 Å². The molecule has 1 aromatic rings. The van der Waals surface area contributed by atoms with Crippen molar-refractivity contribution in [1.29, 1.82) is 0 Å². The van der Waals surface area contributed by atoms with Crippen molar-refractivity contribution in [3.8, 4) is 0 Å². The molecule has 2 amide bonds. The number of ether oxygens (including phenoxy) is 1. The normalized spacial score (nSPS) is 33.0. The highest BCUT2D eigenvalue weighted by Gasteiger charge is 2.68. The van der Waals surface area contributed by atoms with E-state index in [1.54, 1.807) is 11.0 Å². The highest BCUT2D eigenvalue weighted by molar-refractivity contribution is 6.35. The van der Waals surface area contributed by atoms with Crippen LogP contribution in [0.15, 0.2) is 6.07 Å². The van der Waals surface area contributed by atoms with Crippen LogP contribution < -0.4 is 5.32 Å². The Hall–Kier alpha value is -2.31. The van der Waals surface area contributed by atoms with Crippen LogP contribution in [-0.2, 0) is 34.3 Å². The summed E-state index contributed by atoms with van der Waals surface area (Å²) >= 11 is 0. The van der Waals surface area contributed by atoms with Crippen molar-refractivity contribution in [2.24, 2.45) is 30.7 Å². The predicted molar refractivity (Wildman–Crippen MR) is 91.0 cm³/mol. The standard InChI is InChI=1S/C19H23N3O4/c1-21-13-3-4-22(8-10(13)7-14(21)19(25)26-2)18(24)17(23)20-16-9-5-11-12(6-9)15(11)16/h7,9,11-12,15-16H,3-6,8H2,1-2H3,(H,20,23). The average molecular weight is 357 g/mol. The molecule has 1 aliphatic heterocycles. The first-order chi connectivity index (χ1) is 12.5. The summed E-state index contributed by atoms with van der Waals surface area (Å²) in [6.45, 7) is 0.843. The van der Waals surface area contributed by atoms with Crippen LogP contribution in [0, 0.1) is 23.7 Å². The summed E-state index contributed by atoms with van der Waals surface area (Å²) in [7, 11) is 3.18. The number of carbonyl (C=O) groups excluding carboxylic acids is 3. The van der Waals surface area contributed by atoms with Gasteiger partial charge in [-0.1, -0.05) is 0 Å². The van der Waals surface area contributed by atoms with Gasteiger partial charge < -0.3 is 19.5 Å². The Balaban J connectivity index is 1.27. The number of fused-ring (bicyclic) bond motifs is 1. The number of rotatable bonds is 2. The quantitative estimate of drug-likeness (QED) is 0.616. The molecule has 1 N–H and O–H groups in total. The second-order valence-electron chi connectivity index (χ2n) is 8.16. The summed E-state index contributed by atoms with van der Waals surface area (Å²) in [5.41, 5.74) is 2.40. The molecule has 0 aromatic carbocycles. The van der Waals surface area contributed by atoms with Crippen LogP contribution in [0.1, 0.15) is 34.6 Å². The number of carbonyl (C=O) groups is 3. The van der Waals surface area contributed by atoms with Gasteiger partial charge in [0.05, 0.1) is 7.11 Å². The first kappa shape index (κ1) is 15.9. The monoisotopic (exact) mass is 357 g/mol. The van der Waals surface area contributed by atoms with E-state index in [4.69, 9.17) is 4.74 Å². The molecule has 7 nitrogen and oxygen atoms in total. The lowest BCUT2D eigenvalue weighted by Gasteiger charge is -2.28. The Labute approximate surface area is 151 Å². The molecule has 0 spiro atoms. The first-order valence-electron chi connectivity index (χ1n) is 9.35. The lowest BCUT2D eigenvalue weighted by atomic mass is 10.1. The van der Waals surface area contributed by atoms with E-state index < -0.39 is 17.8 Å². The second-order valence-corrected chi connectivity index (χ2v) is 8.16. The van der Waals surface area contributed by atoms with E-state index >= 15 is 0 Å². The molecule has 7 heteroatoms. The van der Waals surface area contributed by atoms with Gasteiger partial charge in [0.25, 0.3) is 0 Å². The minimum atomic E-state index is -0.472. The van der Waals surface area contributed by atoms with Crippen molar-refractivity contribution < 1.29 is 19.1 Å². The highest BCUT2D eigenvalue weighted by atomic mass is 16.5. The molecule has 4 bridgehead atoms. The van der Waals surface area contributed by atoms with E-state index in [0.717, 1.165) is 23.1 Å². The molecule has 4 fully saturated rings. The van der Waals surface area contributed by atoms with E-state index in [1.807, 2.05) is 11.6 Å². The van der Waals surface area contributed by atoms with Crippen LogP contribution in [0.4, 0.5) is 0 Å². The largest absolute Gasteiger partial charge is 0.464 e. The predicted octanol–water partition coefficient (Wildman–Crippen LogP) is 0.467. The zero-order valence-corrected chi connectivity index (χ0v) is 15.0. The fraction of sp³-hybridized carbons (Fsp3) is 0.632. The number of methoxy groups -OCH3 is 1. The summed E-state index contributed by atoms with van der Waals surface area (Å²) < 4.78 is 6.63. The Morgan fingerprint density at radius 1 is 1.23 bits per heavy atom. The van der Waals surface area contributed by atoms with E-state index in [2.05, 4.69) is 5.32 Å². The Bertz CT molecular complexity index is 815. The molecule has 0 saturated heterocycles. The molecule has 26 heavy (non-hydrogen) atoms. The van der Waals surface area contributed by atoms with Crippen molar-refractivity contribution >= 4 is 17.8 Å². The topological polar surface area (TPSA) is 80.6 Å². The van der Waals surface area contributed by atoms with Gasteiger partial charge in [-0.3, -0.25) is 9.59 Å². The summed E-state index contributed by atoms with van der Waals surface area (Å²) in [5, 5.41) is 3.02. The van der Waals surface area contributed by atoms with E-state index in [1.165, 1.54) is 20.0 Å². The van der Waals surface area contributed by atoms with Crippen molar-refractivity contribution in [3.05, 3.63) is 23.0 Å². The van der Waals surface area contributed by atoms with Crippen molar-refractivity contribution in [2.75, 3.05) is 13.7 Å². The smallest absolute Gasteiger partial charge is 0.354 e. The number of hydrogen-bond donors (Lipinski definition) is 1. The molecule has 0 radical (unpaired) electrons. The number of hydrogen-bond acceptors (Lipinski definition) is 4. The minimum absolute atomic E-state index is 0.212. The van der Waals surface area contributed by atoms with Crippen LogP contribution in [-0.4, -0.2) is 46.9 Å². The zero-order valence-electron chi connectivity index (χ0n) is 15.0. The van der Waals surface area contributed by atoms with Gasteiger partial charge in [-0.15, -0.1) is 0 Å². The maximum atomic E-state index is 12.6.